The predicted octanol–water partition coefficient (Wildman–Crippen LogP) is 4.82. The Morgan fingerprint density at radius 3 is 2.57 bits per heavy atom. The Bertz CT molecular complexity index is 1040. The Labute approximate surface area is 167 Å². The van der Waals surface area contributed by atoms with E-state index in [2.05, 4.69) is 10.4 Å². The summed E-state index contributed by atoms with van der Waals surface area (Å²) in [6.45, 7) is 1.10. The van der Waals surface area contributed by atoms with Gasteiger partial charge in [0.1, 0.15) is 12.4 Å². The third-order valence-corrected chi connectivity index (χ3v) is 5.08. The third kappa shape index (κ3) is 4.66. The highest BCUT2D eigenvalue weighted by Gasteiger charge is 2.11. The number of carbonyl (C=O) groups excluding carboxylic acids is 1. The quantitative estimate of drug-likeness (QED) is 0.493. The summed E-state index contributed by atoms with van der Waals surface area (Å²) < 4.78 is 7.53. The van der Waals surface area contributed by atoms with E-state index < -0.39 is 0 Å². The zero-order valence-electron chi connectivity index (χ0n) is 15.1. The average Bonchev–Trinajstić information content (AvgIpc) is 3.38. The van der Waals surface area contributed by atoms with Crippen LogP contribution in [0.25, 0.3) is 0 Å². The number of hydrogen-bond donors (Lipinski definition) is 1. The molecule has 2 aromatic carbocycles. The molecule has 0 aliphatic heterocycles. The molecule has 0 atom stereocenters. The zero-order chi connectivity index (χ0) is 19.2. The highest BCUT2D eigenvalue weighted by Crippen LogP contribution is 2.19. The molecule has 4 rings (SSSR count). The van der Waals surface area contributed by atoms with Crippen molar-refractivity contribution in [1.82, 2.24) is 9.78 Å². The molecule has 0 saturated heterocycles. The summed E-state index contributed by atoms with van der Waals surface area (Å²) in [6.07, 6.45) is 3.49. The van der Waals surface area contributed by atoms with Crippen molar-refractivity contribution in [1.29, 1.82) is 0 Å². The number of rotatable bonds is 7. The van der Waals surface area contributed by atoms with Crippen LogP contribution in [0.1, 0.15) is 20.8 Å². The highest BCUT2D eigenvalue weighted by molar-refractivity contribution is 7.12. The minimum Gasteiger partial charge on any atom is -0.489 e. The van der Waals surface area contributed by atoms with Gasteiger partial charge in [0, 0.05) is 11.8 Å². The molecule has 0 aliphatic carbocycles. The topological polar surface area (TPSA) is 56.2 Å². The molecule has 1 amide bonds. The van der Waals surface area contributed by atoms with Crippen LogP contribution in [-0.2, 0) is 13.2 Å². The van der Waals surface area contributed by atoms with Crippen LogP contribution >= 0.6 is 11.3 Å². The van der Waals surface area contributed by atoms with Crippen molar-refractivity contribution in [3.63, 3.8) is 0 Å². The van der Waals surface area contributed by atoms with Gasteiger partial charge in [-0.05, 0) is 29.1 Å². The molecular weight excluding hydrogens is 370 g/mol. The van der Waals surface area contributed by atoms with Crippen molar-refractivity contribution in [3.05, 3.63) is 101 Å². The molecule has 0 fully saturated rings. The monoisotopic (exact) mass is 389 g/mol. The lowest BCUT2D eigenvalue weighted by Crippen LogP contribution is -2.09. The van der Waals surface area contributed by atoms with Crippen LogP contribution in [0, 0.1) is 0 Å². The molecule has 0 unspecified atom stereocenters. The molecule has 0 saturated carbocycles. The molecule has 5 nitrogen and oxygen atoms in total. The first-order chi connectivity index (χ1) is 13.8. The third-order valence-electron chi connectivity index (χ3n) is 4.10. The molecule has 4 aromatic rings. The van der Waals surface area contributed by atoms with Crippen LogP contribution in [-0.4, -0.2) is 15.7 Å². The van der Waals surface area contributed by atoms with E-state index >= 15 is 0 Å². The minimum absolute atomic E-state index is 0.143. The summed E-state index contributed by atoms with van der Waals surface area (Å²) in [5, 5.41) is 9.15. The first kappa shape index (κ1) is 18.0. The van der Waals surface area contributed by atoms with E-state index in [1.807, 2.05) is 78.3 Å². The standard InChI is InChI=1S/C22H19N3O2S/c26-22(21-11-18(16-28-21)15-27-20-9-5-2-6-10-20)24-19-12-23-25(14-19)13-17-7-3-1-4-8-17/h1-12,14,16H,13,15H2,(H,24,26). The van der Waals surface area contributed by atoms with Crippen molar-refractivity contribution < 1.29 is 9.53 Å². The van der Waals surface area contributed by atoms with Crippen LogP contribution in [0.2, 0.25) is 0 Å². The van der Waals surface area contributed by atoms with Crippen molar-refractivity contribution in [2.45, 2.75) is 13.2 Å². The first-order valence-corrected chi connectivity index (χ1v) is 9.77. The summed E-state index contributed by atoms with van der Waals surface area (Å²) in [7, 11) is 0. The number of amides is 1. The maximum Gasteiger partial charge on any atom is 0.265 e. The van der Waals surface area contributed by atoms with Crippen molar-refractivity contribution >= 4 is 22.9 Å². The lowest BCUT2D eigenvalue weighted by molar-refractivity contribution is 0.103. The summed E-state index contributed by atoms with van der Waals surface area (Å²) in [6, 6.07) is 21.6. The van der Waals surface area contributed by atoms with E-state index in [1.54, 1.807) is 10.9 Å². The van der Waals surface area contributed by atoms with E-state index in [9.17, 15) is 4.79 Å². The fourth-order valence-electron chi connectivity index (χ4n) is 2.73. The Morgan fingerprint density at radius 1 is 1.04 bits per heavy atom. The Hall–Kier alpha value is -3.38. The smallest absolute Gasteiger partial charge is 0.265 e. The number of thiophene rings is 1. The fourth-order valence-corrected chi connectivity index (χ4v) is 3.52. The second kappa shape index (κ2) is 8.54. The summed E-state index contributed by atoms with van der Waals surface area (Å²) in [5.74, 6) is 0.667. The zero-order valence-corrected chi connectivity index (χ0v) is 15.9. The Morgan fingerprint density at radius 2 is 1.79 bits per heavy atom. The lowest BCUT2D eigenvalue weighted by atomic mass is 10.2. The summed E-state index contributed by atoms with van der Waals surface area (Å²) in [4.78, 5) is 13.1. The molecule has 0 spiro atoms. The van der Waals surface area contributed by atoms with Gasteiger partial charge in [-0.25, -0.2) is 0 Å². The second-order valence-corrected chi connectivity index (χ2v) is 7.20. The van der Waals surface area contributed by atoms with E-state index in [0.717, 1.165) is 16.9 Å². The largest absolute Gasteiger partial charge is 0.489 e. The predicted molar refractivity (Wildman–Crippen MR) is 111 cm³/mol. The second-order valence-electron chi connectivity index (χ2n) is 6.29. The molecule has 0 radical (unpaired) electrons. The maximum absolute atomic E-state index is 12.5. The van der Waals surface area contributed by atoms with Crippen LogP contribution in [0.4, 0.5) is 5.69 Å². The number of carbonyl (C=O) groups is 1. The number of hydrogen-bond acceptors (Lipinski definition) is 4. The van der Waals surface area contributed by atoms with E-state index in [0.29, 0.717) is 23.7 Å². The normalized spacial score (nSPS) is 10.6. The average molecular weight is 389 g/mol. The number of nitrogens with one attached hydrogen (secondary N) is 1. The van der Waals surface area contributed by atoms with Gasteiger partial charge >= 0.3 is 0 Å². The van der Waals surface area contributed by atoms with Gasteiger partial charge < -0.3 is 10.1 Å². The van der Waals surface area contributed by atoms with Crippen LogP contribution in [0.5, 0.6) is 5.75 Å². The van der Waals surface area contributed by atoms with Gasteiger partial charge in [0.15, 0.2) is 0 Å². The van der Waals surface area contributed by atoms with Gasteiger partial charge in [-0.15, -0.1) is 11.3 Å². The van der Waals surface area contributed by atoms with Gasteiger partial charge in [-0.2, -0.15) is 5.10 Å². The molecule has 2 aromatic heterocycles. The molecule has 0 aliphatic rings. The fraction of sp³-hybridized carbons (Fsp3) is 0.0909. The number of ether oxygens (including phenoxy) is 1. The van der Waals surface area contributed by atoms with Gasteiger partial charge in [-0.1, -0.05) is 48.5 Å². The van der Waals surface area contributed by atoms with Gasteiger partial charge in [0.25, 0.3) is 5.91 Å². The SMILES string of the molecule is O=C(Nc1cnn(Cc2ccccc2)c1)c1cc(COc2ccccc2)cs1. The molecule has 28 heavy (non-hydrogen) atoms. The number of para-hydroxylation sites is 1. The number of benzene rings is 2. The van der Waals surface area contributed by atoms with Crippen LogP contribution in [0.3, 0.4) is 0 Å². The molecule has 140 valence electrons. The number of nitrogens with zero attached hydrogens (tertiary/aromatic N) is 2. The molecule has 1 N–H and O–H groups in total. The summed E-state index contributed by atoms with van der Waals surface area (Å²) >= 11 is 1.40. The highest BCUT2D eigenvalue weighted by atomic mass is 32.1. The Balaban J connectivity index is 1.33. The van der Waals surface area contributed by atoms with Crippen LogP contribution in [0.15, 0.2) is 84.5 Å². The van der Waals surface area contributed by atoms with Crippen molar-refractivity contribution in [3.8, 4) is 5.75 Å². The first-order valence-electron chi connectivity index (χ1n) is 8.89. The lowest BCUT2D eigenvalue weighted by Gasteiger charge is -2.03. The summed E-state index contributed by atoms with van der Waals surface area (Å²) in [5.41, 5.74) is 2.81. The molecule has 6 heteroatoms. The molecule has 0 bridgehead atoms. The maximum atomic E-state index is 12.5. The Kier molecular flexibility index (Phi) is 5.49. The van der Waals surface area contributed by atoms with Gasteiger partial charge in [0.2, 0.25) is 0 Å². The number of anilines is 1. The number of aromatic nitrogens is 2. The van der Waals surface area contributed by atoms with Crippen molar-refractivity contribution in [2.75, 3.05) is 5.32 Å². The van der Waals surface area contributed by atoms with E-state index in [1.165, 1.54) is 11.3 Å². The minimum atomic E-state index is -0.143. The van der Waals surface area contributed by atoms with Crippen LogP contribution < -0.4 is 10.1 Å². The van der Waals surface area contributed by atoms with Gasteiger partial charge in [-0.3, -0.25) is 9.48 Å². The van der Waals surface area contributed by atoms with E-state index in [-0.39, 0.29) is 5.91 Å². The molecule has 2 heterocycles. The van der Waals surface area contributed by atoms with Gasteiger partial charge in [0.05, 0.1) is 23.3 Å². The van der Waals surface area contributed by atoms with Crippen molar-refractivity contribution in [2.24, 2.45) is 0 Å². The molecular formula is C22H19N3O2S. The van der Waals surface area contributed by atoms with E-state index in [4.69, 9.17) is 4.74 Å².